The molecule has 30 heavy (non-hydrogen) atoms. The van der Waals surface area contributed by atoms with Crippen molar-refractivity contribution >= 4 is 17.3 Å². The average Bonchev–Trinajstić information content (AvgIpc) is 2.90. The first-order chi connectivity index (χ1) is 14.4. The Balaban J connectivity index is 1.71. The van der Waals surface area contributed by atoms with Crippen LogP contribution in [0.3, 0.4) is 0 Å². The van der Waals surface area contributed by atoms with Crippen LogP contribution in [0.2, 0.25) is 0 Å². The Hall–Kier alpha value is -3.41. The van der Waals surface area contributed by atoms with E-state index in [0.29, 0.717) is 5.82 Å². The van der Waals surface area contributed by atoms with Gasteiger partial charge < -0.3 is 15.1 Å². The molecule has 154 valence electrons. The number of aromatic nitrogens is 3. The molecule has 0 saturated heterocycles. The number of fused-ring (bicyclic) bond motifs is 1. The van der Waals surface area contributed by atoms with Gasteiger partial charge in [-0.15, -0.1) is 0 Å². The monoisotopic (exact) mass is 400 g/mol. The predicted molar refractivity (Wildman–Crippen MR) is 124 cm³/mol. The Labute approximate surface area is 178 Å². The molecule has 6 heteroatoms. The number of hydrogen-bond acceptors (Lipinski definition) is 6. The lowest BCUT2D eigenvalue weighted by Crippen LogP contribution is -2.28. The van der Waals surface area contributed by atoms with E-state index in [9.17, 15) is 0 Å². The van der Waals surface area contributed by atoms with Crippen LogP contribution < -0.4 is 15.1 Å². The number of rotatable bonds is 4. The van der Waals surface area contributed by atoms with Gasteiger partial charge in [-0.2, -0.15) is 0 Å². The van der Waals surface area contributed by atoms with Gasteiger partial charge in [-0.3, -0.25) is 4.98 Å². The van der Waals surface area contributed by atoms with E-state index in [4.69, 9.17) is 4.98 Å². The normalized spacial score (nSPS) is 13.6. The van der Waals surface area contributed by atoms with Crippen LogP contribution in [0.25, 0.3) is 11.3 Å². The third-order valence-electron chi connectivity index (χ3n) is 5.58. The fraction of sp³-hybridized carbons (Fsp3) is 0.292. The summed E-state index contributed by atoms with van der Waals surface area (Å²) in [5.74, 6) is 2.33. The highest BCUT2D eigenvalue weighted by Crippen LogP contribution is 2.34. The minimum atomic E-state index is 0.676. The van der Waals surface area contributed by atoms with Gasteiger partial charge in [-0.1, -0.05) is 18.7 Å². The standard InChI is InChI=1S/C24H28N6/c1-16-7-8-20(13-17(16)2)21-9-10-22-24(28-21)30(12-6-11-29(22)5)19(4)27-23-15-25-18(3)14-26-23/h7-10,13-15H,4,6,11-12H2,1-3,5H3,(H,26,27). The first kappa shape index (κ1) is 19.9. The molecule has 1 aliphatic rings. The molecule has 1 aromatic carbocycles. The van der Waals surface area contributed by atoms with Gasteiger partial charge in [0.25, 0.3) is 0 Å². The maximum Gasteiger partial charge on any atom is 0.158 e. The molecule has 0 atom stereocenters. The molecule has 0 amide bonds. The second kappa shape index (κ2) is 8.14. The van der Waals surface area contributed by atoms with Crippen LogP contribution in [0.4, 0.5) is 17.3 Å². The SMILES string of the molecule is C=C(Nc1cnc(C)cn1)N1CCCN(C)c2ccc(-c3ccc(C)c(C)c3)nc21. The minimum absolute atomic E-state index is 0.676. The lowest BCUT2D eigenvalue weighted by Gasteiger charge is -2.27. The molecule has 2 aromatic heterocycles. The number of pyridine rings is 1. The highest BCUT2D eigenvalue weighted by molar-refractivity contribution is 5.75. The predicted octanol–water partition coefficient (Wildman–Crippen LogP) is 4.69. The van der Waals surface area contributed by atoms with Crippen molar-refractivity contribution in [1.29, 1.82) is 0 Å². The third-order valence-corrected chi connectivity index (χ3v) is 5.58. The smallest absolute Gasteiger partial charge is 0.158 e. The van der Waals surface area contributed by atoms with Gasteiger partial charge in [0, 0.05) is 25.7 Å². The highest BCUT2D eigenvalue weighted by Gasteiger charge is 2.23. The molecule has 0 spiro atoms. The van der Waals surface area contributed by atoms with E-state index in [1.807, 2.05) is 6.92 Å². The first-order valence-corrected chi connectivity index (χ1v) is 10.2. The van der Waals surface area contributed by atoms with Gasteiger partial charge in [0.05, 0.1) is 29.5 Å². The quantitative estimate of drug-likeness (QED) is 0.685. The van der Waals surface area contributed by atoms with Crippen LogP contribution >= 0.6 is 0 Å². The van der Waals surface area contributed by atoms with E-state index in [0.717, 1.165) is 53.8 Å². The fourth-order valence-corrected chi connectivity index (χ4v) is 3.63. The number of hydrogen-bond donors (Lipinski definition) is 1. The maximum absolute atomic E-state index is 5.07. The molecule has 1 aliphatic heterocycles. The summed E-state index contributed by atoms with van der Waals surface area (Å²) in [6.45, 7) is 12.3. The highest BCUT2D eigenvalue weighted by atomic mass is 15.3. The average molecular weight is 401 g/mol. The van der Waals surface area contributed by atoms with Crippen LogP contribution in [-0.4, -0.2) is 35.1 Å². The van der Waals surface area contributed by atoms with Crippen LogP contribution in [0.15, 0.2) is 55.1 Å². The molecule has 1 N–H and O–H groups in total. The minimum Gasteiger partial charge on any atom is -0.372 e. The van der Waals surface area contributed by atoms with Crippen LogP contribution in [0.5, 0.6) is 0 Å². The van der Waals surface area contributed by atoms with Crippen LogP contribution in [-0.2, 0) is 0 Å². The van der Waals surface area contributed by atoms with Crippen molar-refractivity contribution < 1.29 is 0 Å². The van der Waals surface area contributed by atoms with Crippen molar-refractivity contribution in [3.05, 3.63) is 71.9 Å². The largest absolute Gasteiger partial charge is 0.372 e. The summed E-state index contributed by atoms with van der Waals surface area (Å²) in [6, 6.07) is 10.7. The Morgan fingerprint density at radius 1 is 1.00 bits per heavy atom. The van der Waals surface area contributed by atoms with Crippen LogP contribution in [0, 0.1) is 20.8 Å². The second-order valence-electron chi connectivity index (χ2n) is 7.88. The van der Waals surface area contributed by atoms with Crippen molar-refractivity contribution in [2.24, 2.45) is 0 Å². The Bertz CT molecular complexity index is 1070. The zero-order valence-electron chi connectivity index (χ0n) is 18.1. The summed E-state index contributed by atoms with van der Waals surface area (Å²) in [5, 5.41) is 3.30. The Morgan fingerprint density at radius 2 is 1.83 bits per heavy atom. The fourth-order valence-electron chi connectivity index (χ4n) is 3.63. The lowest BCUT2D eigenvalue weighted by atomic mass is 10.0. The molecule has 0 saturated carbocycles. The molecule has 3 heterocycles. The Morgan fingerprint density at radius 3 is 2.57 bits per heavy atom. The van der Waals surface area contributed by atoms with E-state index < -0.39 is 0 Å². The topological polar surface area (TPSA) is 57.2 Å². The van der Waals surface area contributed by atoms with E-state index in [2.05, 4.69) is 82.9 Å². The van der Waals surface area contributed by atoms with Crippen molar-refractivity contribution in [1.82, 2.24) is 15.0 Å². The zero-order chi connectivity index (χ0) is 21.3. The van der Waals surface area contributed by atoms with Gasteiger partial charge in [-0.25, -0.2) is 9.97 Å². The van der Waals surface area contributed by atoms with Gasteiger partial charge >= 0.3 is 0 Å². The summed E-state index contributed by atoms with van der Waals surface area (Å²) in [4.78, 5) is 18.2. The molecule has 0 radical (unpaired) electrons. The van der Waals surface area contributed by atoms with Gasteiger partial charge in [0.15, 0.2) is 5.82 Å². The lowest BCUT2D eigenvalue weighted by molar-refractivity contribution is 0.789. The molecule has 0 unspecified atom stereocenters. The Kier molecular flexibility index (Phi) is 5.40. The van der Waals surface area contributed by atoms with Gasteiger partial charge in [0.1, 0.15) is 11.6 Å². The van der Waals surface area contributed by atoms with E-state index in [-0.39, 0.29) is 0 Å². The molecule has 4 rings (SSSR count). The van der Waals surface area contributed by atoms with Crippen LogP contribution in [0.1, 0.15) is 23.2 Å². The zero-order valence-corrected chi connectivity index (χ0v) is 18.1. The number of aryl methyl sites for hydroxylation is 3. The number of nitrogens with one attached hydrogen (secondary N) is 1. The summed E-state index contributed by atoms with van der Waals surface area (Å²) < 4.78 is 0. The molecular formula is C24H28N6. The molecule has 0 bridgehead atoms. The summed E-state index contributed by atoms with van der Waals surface area (Å²) in [7, 11) is 2.11. The summed E-state index contributed by atoms with van der Waals surface area (Å²) >= 11 is 0. The van der Waals surface area contributed by atoms with Crippen molar-refractivity contribution in [2.45, 2.75) is 27.2 Å². The summed E-state index contributed by atoms with van der Waals surface area (Å²) in [5.41, 5.74) is 6.61. The van der Waals surface area contributed by atoms with E-state index >= 15 is 0 Å². The van der Waals surface area contributed by atoms with Gasteiger partial charge in [-0.05, 0) is 56.5 Å². The molecule has 0 aliphatic carbocycles. The maximum atomic E-state index is 5.07. The molecule has 6 nitrogen and oxygen atoms in total. The molecule has 3 aromatic rings. The van der Waals surface area contributed by atoms with Crippen molar-refractivity contribution in [3.8, 4) is 11.3 Å². The van der Waals surface area contributed by atoms with Crippen molar-refractivity contribution in [2.75, 3.05) is 35.3 Å². The number of nitrogens with zero attached hydrogens (tertiary/aromatic N) is 5. The third kappa shape index (κ3) is 3.99. The molecule has 0 fully saturated rings. The van der Waals surface area contributed by atoms with Crippen molar-refractivity contribution in [3.63, 3.8) is 0 Å². The second-order valence-corrected chi connectivity index (χ2v) is 7.88. The summed E-state index contributed by atoms with van der Waals surface area (Å²) in [6.07, 6.45) is 4.48. The van der Waals surface area contributed by atoms with E-state index in [1.165, 1.54) is 11.1 Å². The van der Waals surface area contributed by atoms with Gasteiger partial charge in [0.2, 0.25) is 0 Å². The first-order valence-electron chi connectivity index (χ1n) is 10.2. The molecular weight excluding hydrogens is 372 g/mol. The van der Waals surface area contributed by atoms with E-state index in [1.54, 1.807) is 12.4 Å². The number of anilines is 3. The number of benzene rings is 1.